The Hall–Kier alpha value is -2.28. The quantitative estimate of drug-likeness (QED) is 0.783. The van der Waals surface area contributed by atoms with E-state index >= 15 is 0 Å². The number of benzene rings is 1. The first kappa shape index (κ1) is 16.2. The van der Waals surface area contributed by atoms with Crippen molar-refractivity contribution in [1.82, 2.24) is 15.0 Å². The predicted molar refractivity (Wildman–Crippen MR) is 89.9 cm³/mol. The van der Waals surface area contributed by atoms with Crippen molar-refractivity contribution in [3.8, 4) is 0 Å². The zero-order chi connectivity index (χ0) is 17.6. The molecule has 2 heterocycles. The van der Waals surface area contributed by atoms with E-state index in [1.54, 1.807) is 24.3 Å². The maximum atomic E-state index is 12.4. The van der Waals surface area contributed by atoms with Crippen molar-refractivity contribution >= 4 is 16.9 Å². The number of aryl methyl sites for hydroxylation is 1. The molecule has 0 radical (unpaired) electrons. The van der Waals surface area contributed by atoms with Gasteiger partial charge in [-0.2, -0.15) is 0 Å². The minimum absolute atomic E-state index is 0.0950. The zero-order valence-corrected chi connectivity index (χ0v) is 14.3. The molecule has 0 spiro atoms. The van der Waals surface area contributed by atoms with Gasteiger partial charge in [0.1, 0.15) is 11.6 Å². The molecule has 0 amide bonds. The number of aromatic nitrogens is 3. The number of hydrogen-bond acceptors (Lipinski definition) is 6. The molecule has 1 saturated carbocycles. The fraction of sp³-hybridized carbons (Fsp3) is 0.556. The van der Waals surface area contributed by atoms with Crippen molar-refractivity contribution in [3.05, 3.63) is 34.6 Å². The van der Waals surface area contributed by atoms with E-state index < -0.39 is 0 Å². The van der Waals surface area contributed by atoms with Gasteiger partial charge in [-0.25, -0.2) is 4.68 Å². The minimum atomic E-state index is -0.315. The van der Waals surface area contributed by atoms with Crippen molar-refractivity contribution < 1.29 is 14.3 Å². The van der Waals surface area contributed by atoms with E-state index in [2.05, 4.69) is 24.2 Å². The third-order valence-corrected chi connectivity index (χ3v) is 5.41. The highest BCUT2D eigenvalue weighted by molar-refractivity contribution is 5.76. The standard InChI is InChI=1S/C18H21N3O4/c1-18(2)15-12(8-10-24-15)16(18)25-14(22)7-9-21-17(23)11-5-3-4-6-13(11)19-20-21/h3-6,12,15-16H,7-10H2,1-2H3/t12-,15-,16-/m1/s1. The molecule has 1 aliphatic heterocycles. The van der Waals surface area contributed by atoms with Gasteiger partial charge in [0.05, 0.1) is 24.5 Å². The highest BCUT2D eigenvalue weighted by Gasteiger charge is 2.61. The molecule has 1 aliphatic carbocycles. The summed E-state index contributed by atoms with van der Waals surface area (Å²) in [6, 6.07) is 7.03. The van der Waals surface area contributed by atoms with Crippen molar-refractivity contribution in [3.63, 3.8) is 0 Å². The summed E-state index contributed by atoms with van der Waals surface area (Å²) < 4.78 is 12.6. The molecule has 0 bridgehead atoms. The fourth-order valence-corrected chi connectivity index (χ4v) is 4.08. The summed E-state index contributed by atoms with van der Waals surface area (Å²) in [5.41, 5.74) is 0.151. The molecular formula is C18H21N3O4. The van der Waals surface area contributed by atoms with Crippen molar-refractivity contribution in [1.29, 1.82) is 0 Å². The van der Waals surface area contributed by atoms with E-state index in [0.29, 0.717) is 16.8 Å². The van der Waals surface area contributed by atoms with Crippen molar-refractivity contribution in [2.75, 3.05) is 6.61 Å². The third-order valence-electron chi connectivity index (χ3n) is 5.41. The summed E-state index contributed by atoms with van der Waals surface area (Å²) in [6.45, 7) is 5.02. The maximum Gasteiger partial charge on any atom is 0.307 e. The molecule has 0 unspecified atom stereocenters. The predicted octanol–water partition coefficient (Wildman–Crippen LogP) is 1.54. The maximum absolute atomic E-state index is 12.4. The first-order valence-corrected chi connectivity index (χ1v) is 8.62. The Morgan fingerprint density at radius 1 is 1.40 bits per heavy atom. The molecule has 7 heteroatoms. The first-order valence-electron chi connectivity index (χ1n) is 8.62. The summed E-state index contributed by atoms with van der Waals surface area (Å²) in [7, 11) is 0. The molecule has 2 aromatic rings. The number of carbonyl (C=O) groups excluding carboxylic acids is 1. The van der Waals surface area contributed by atoms with E-state index in [1.165, 1.54) is 4.68 Å². The van der Waals surface area contributed by atoms with Gasteiger partial charge in [0.15, 0.2) is 0 Å². The number of carbonyl (C=O) groups is 1. The molecule has 7 nitrogen and oxygen atoms in total. The van der Waals surface area contributed by atoms with Gasteiger partial charge in [-0.05, 0) is 18.6 Å². The van der Waals surface area contributed by atoms with Crippen LogP contribution in [0.3, 0.4) is 0 Å². The Balaban J connectivity index is 1.41. The van der Waals surface area contributed by atoms with Crippen LogP contribution < -0.4 is 5.56 Å². The minimum Gasteiger partial charge on any atom is -0.461 e. The third kappa shape index (κ3) is 2.63. The summed E-state index contributed by atoms with van der Waals surface area (Å²) >= 11 is 0. The molecule has 25 heavy (non-hydrogen) atoms. The van der Waals surface area contributed by atoms with Gasteiger partial charge < -0.3 is 9.47 Å². The van der Waals surface area contributed by atoms with Crippen LogP contribution in [0, 0.1) is 11.3 Å². The SMILES string of the molecule is CC1(C)[C@@H]2OCC[C@H]2[C@H]1OC(=O)CCn1nnc2ccccc2c1=O. The Bertz CT molecular complexity index is 876. The number of fused-ring (bicyclic) bond motifs is 2. The van der Waals surface area contributed by atoms with E-state index in [0.717, 1.165) is 13.0 Å². The van der Waals surface area contributed by atoms with E-state index in [-0.39, 0.29) is 42.1 Å². The van der Waals surface area contributed by atoms with Gasteiger partial charge in [0.25, 0.3) is 5.56 Å². The highest BCUT2D eigenvalue weighted by Crippen LogP contribution is 2.53. The van der Waals surface area contributed by atoms with Gasteiger partial charge >= 0.3 is 5.97 Å². The summed E-state index contributed by atoms with van der Waals surface area (Å²) in [4.78, 5) is 24.6. The molecule has 2 fully saturated rings. The number of nitrogens with zero attached hydrogens (tertiary/aromatic N) is 3. The highest BCUT2D eigenvalue weighted by atomic mass is 16.6. The van der Waals surface area contributed by atoms with Gasteiger partial charge in [-0.3, -0.25) is 9.59 Å². The molecule has 0 N–H and O–H groups in total. The van der Waals surface area contributed by atoms with Crippen LogP contribution in [0.25, 0.3) is 10.9 Å². The molecule has 3 atom stereocenters. The lowest BCUT2D eigenvalue weighted by molar-refractivity contribution is -0.210. The van der Waals surface area contributed by atoms with Crippen LogP contribution >= 0.6 is 0 Å². The molecule has 1 aromatic heterocycles. The number of esters is 1. The average molecular weight is 343 g/mol. The lowest BCUT2D eigenvalue weighted by Crippen LogP contribution is -2.61. The largest absolute Gasteiger partial charge is 0.461 e. The molecule has 1 saturated heterocycles. The van der Waals surface area contributed by atoms with Gasteiger partial charge in [0, 0.05) is 17.9 Å². The van der Waals surface area contributed by atoms with Gasteiger partial charge in [-0.1, -0.05) is 31.2 Å². The van der Waals surface area contributed by atoms with E-state index in [9.17, 15) is 9.59 Å². The Morgan fingerprint density at radius 3 is 3.04 bits per heavy atom. The molecule has 4 rings (SSSR count). The smallest absolute Gasteiger partial charge is 0.307 e. The van der Waals surface area contributed by atoms with Crippen LogP contribution in [0.2, 0.25) is 0 Å². The van der Waals surface area contributed by atoms with Crippen LogP contribution in [0.4, 0.5) is 0 Å². The van der Waals surface area contributed by atoms with Crippen molar-refractivity contribution in [2.24, 2.45) is 11.3 Å². The lowest BCUT2D eigenvalue weighted by Gasteiger charge is -2.53. The van der Waals surface area contributed by atoms with E-state index in [4.69, 9.17) is 9.47 Å². The van der Waals surface area contributed by atoms with Crippen LogP contribution in [-0.4, -0.2) is 39.8 Å². The van der Waals surface area contributed by atoms with Crippen LogP contribution in [-0.2, 0) is 20.8 Å². The second-order valence-electron chi connectivity index (χ2n) is 7.36. The summed E-state index contributed by atoms with van der Waals surface area (Å²) in [5.74, 6) is -0.0209. The Kier molecular flexibility index (Phi) is 3.83. The number of rotatable bonds is 4. The zero-order valence-electron chi connectivity index (χ0n) is 14.3. The monoisotopic (exact) mass is 343 g/mol. The van der Waals surface area contributed by atoms with E-state index in [1.807, 2.05) is 0 Å². The molecule has 2 aliphatic rings. The fourth-order valence-electron chi connectivity index (χ4n) is 4.08. The lowest BCUT2D eigenvalue weighted by atomic mass is 9.59. The Labute approximate surface area is 144 Å². The van der Waals surface area contributed by atoms with Gasteiger partial charge in [0.2, 0.25) is 0 Å². The van der Waals surface area contributed by atoms with Crippen LogP contribution in [0.1, 0.15) is 26.7 Å². The summed E-state index contributed by atoms with van der Waals surface area (Å²) in [5, 5.41) is 8.42. The normalized spacial score (nSPS) is 26.9. The molecular weight excluding hydrogens is 322 g/mol. The average Bonchev–Trinajstić information content (AvgIpc) is 3.06. The topological polar surface area (TPSA) is 83.3 Å². The van der Waals surface area contributed by atoms with Crippen LogP contribution in [0.5, 0.6) is 0 Å². The second kappa shape index (κ2) is 5.91. The number of ether oxygens (including phenoxy) is 2. The number of hydrogen-bond donors (Lipinski definition) is 0. The summed E-state index contributed by atoms with van der Waals surface area (Å²) in [6.07, 6.45) is 1.09. The molecule has 1 aromatic carbocycles. The first-order chi connectivity index (χ1) is 12.0. The molecule has 132 valence electrons. The van der Waals surface area contributed by atoms with Crippen molar-refractivity contribution in [2.45, 2.75) is 45.4 Å². The van der Waals surface area contributed by atoms with Crippen LogP contribution in [0.15, 0.2) is 29.1 Å². The Morgan fingerprint density at radius 2 is 2.20 bits per heavy atom. The second-order valence-corrected chi connectivity index (χ2v) is 7.36. The van der Waals surface area contributed by atoms with Gasteiger partial charge in [-0.15, -0.1) is 5.10 Å².